The summed E-state index contributed by atoms with van der Waals surface area (Å²) < 4.78 is 7.66. The molecule has 0 aromatic carbocycles. The normalized spacial score (nSPS) is 19.6. The van der Waals surface area contributed by atoms with Crippen LogP contribution in [0.1, 0.15) is 30.5 Å². The standard InChI is InChI=1S/C15H23N5OS/c1-2-3-4-15-18-13(10-22-15)7-19-5-6-21-14(8-19)9-20-12-16-11-17-20/h10-12,14H,2-9H2,1H3/t14-/m1/s1. The lowest BCUT2D eigenvalue weighted by Crippen LogP contribution is -2.43. The van der Waals surface area contributed by atoms with Gasteiger partial charge in [0.25, 0.3) is 0 Å². The molecule has 0 spiro atoms. The molecule has 0 amide bonds. The molecule has 0 saturated carbocycles. The predicted octanol–water partition coefficient (Wildman–Crippen LogP) is 1.98. The number of unbranched alkanes of at least 4 members (excludes halogenated alkanes) is 1. The van der Waals surface area contributed by atoms with Crippen LogP contribution in [0.25, 0.3) is 0 Å². The zero-order valence-electron chi connectivity index (χ0n) is 13.0. The summed E-state index contributed by atoms with van der Waals surface area (Å²) in [5, 5.41) is 7.62. The zero-order chi connectivity index (χ0) is 15.2. The van der Waals surface area contributed by atoms with Crippen LogP contribution in [-0.4, -0.2) is 50.4 Å². The third-order valence-corrected chi connectivity index (χ3v) is 4.77. The second kappa shape index (κ2) is 7.80. The molecule has 1 aliphatic heterocycles. The van der Waals surface area contributed by atoms with E-state index < -0.39 is 0 Å². The van der Waals surface area contributed by atoms with Crippen LogP contribution >= 0.6 is 11.3 Å². The Hall–Kier alpha value is -1.31. The largest absolute Gasteiger partial charge is 0.374 e. The Morgan fingerprint density at radius 3 is 3.23 bits per heavy atom. The van der Waals surface area contributed by atoms with Crippen molar-refractivity contribution in [2.24, 2.45) is 0 Å². The molecule has 1 saturated heterocycles. The highest BCUT2D eigenvalue weighted by molar-refractivity contribution is 7.09. The fraction of sp³-hybridized carbons (Fsp3) is 0.667. The van der Waals surface area contributed by atoms with Crippen molar-refractivity contribution in [3.8, 4) is 0 Å². The average Bonchev–Trinajstić information content (AvgIpc) is 3.17. The van der Waals surface area contributed by atoms with Crippen molar-refractivity contribution < 1.29 is 4.74 Å². The van der Waals surface area contributed by atoms with Gasteiger partial charge in [0.1, 0.15) is 12.7 Å². The quantitative estimate of drug-likeness (QED) is 0.780. The first-order chi connectivity index (χ1) is 10.8. The highest BCUT2D eigenvalue weighted by atomic mass is 32.1. The molecule has 6 nitrogen and oxygen atoms in total. The second-order valence-corrected chi connectivity index (χ2v) is 6.62. The van der Waals surface area contributed by atoms with Crippen molar-refractivity contribution >= 4 is 11.3 Å². The molecular formula is C15H23N5OS. The molecule has 0 unspecified atom stereocenters. The fourth-order valence-electron chi connectivity index (χ4n) is 2.66. The first-order valence-electron chi connectivity index (χ1n) is 7.93. The molecule has 7 heteroatoms. The van der Waals surface area contributed by atoms with Gasteiger partial charge in [-0.2, -0.15) is 5.10 Å². The maximum Gasteiger partial charge on any atom is 0.137 e. The Balaban J connectivity index is 1.50. The minimum absolute atomic E-state index is 0.175. The molecule has 3 heterocycles. The third-order valence-electron chi connectivity index (χ3n) is 3.81. The monoisotopic (exact) mass is 321 g/mol. The maximum absolute atomic E-state index is 5.83. The number of hydrogen-bond acceptors (Lipinski definition) is 6. The van der Waals surface area contributed by atoms with E-state index in [1.54, 1.807) is 24.0 Å². The summed E-state index contributed by atoms with van der Waals surface area (Å²) in [5.41, 5.74) is 1.19. The molecule has 0 radical (unpaired) electrons. The van der Waals surface area contributed by atoms with Gasteiger partial charge in [-0.05, 0) is 12.8 Å². The van der Waals surface area contributed by atoms with E-state index in [4.69, 9.17) is 9.72 Å². The van der Waals surface area contributed by atoms with Crippen LogP contribution in [0.15, 0.2) is 18.0 Å². The van der Waals surface area contributed by atoms with Gasteiger partial charge in [0.15, 0.2) is 0 Å². The van der Waals surface area contributed by atoms with E-state index in [2.05, 4.69) is 27.3 Å². The number of aromatic nitrogens is 4. The van der Waals surface area contributed by atoms with E-state index >= 15 is 0 Å². The Bertz CT molecular complexity index is 556. The number of hydrogen-bond donors (Lipinski definition) is 0. The topological polar surface area (TPSA) is 56.1 Å². The molecule has 0 bridgehead atoms. The summed E-state index contributed by atoms with van der Waals surface area (Å²) in [6, 6.07) is 0. The average molecular weight is 321 g/mol. The predicted molar refractivity (Wildman–Crippen MR) is 85.8 cm³/mol. The van der Waals surface area contributed by atoms with Gasteiger partial charge < -0.3 is 4.74 Å². The highest BCUT2D eigenvalue weighted by Crippen LogP contribution is 2.16. The van der Waals surface area contributed by atoms with Crippen molar-refractivity contribution in [2.45, 2.75) is 45.4 Å². The fourth-order valence-corrected chi connectivity index (χ4v) is 3.50. The van der Waals surface area contributed by atoms with Crippen LogP contribution in [0, 0.1) is 0 Å². The van der Waals surface area contributed by atoms with Gasteiger partial charge in [0, 0.05) is 25.0 Å². The molecule has 2 aromatic rings. The van der Waals surface area contributed by atoms with Gasteiger partial charge in [0.05, 0.1) is 30.0 Å². The highest BCUT2D eigenvalue weighted by Gasteiger charge is 2.21. The van der Waals surface area contributed by atoms with Crippen LogP contribution in [0.2, 0.25) is 0 Å². The van der Waals surface area contributed by atoms with Crippen LogP contribution < -0.4 is 0 Å². The first-order valence-corrected chi connectivity index (χ1v) is 8.81. The van der Waals surface area contributed by atoms with E-state index in [0.29, 0.717) is 0 Å². The summed E-state index contributed by atoms with van der Waals surface area (Å²) in [4.78, 5) is 11.1. The molecule has 3 rings (SSSR count). The molecule has 0 aliphatic carbocycles. The number of thiazole rings is 1. The van der Waals surface area contributed by atoms with E-state index in [-0.39, 0.29) is 6.10 Å². The maximum atomic E-state index is 5.83. The summed E-state index contributed by atoms with van der Waals surface area (Å²) in [5.74, 6) is 0. The van der Waals surface area contributed by atoms with Crippen LogP contribution in [0.4, 0.5) is 0 Å². The number of rotatable bonds is 7. The van der Waals surface area contributed by atoms with Crippen molar-refractivity contribution in [2.75, 3.05) is 19.7 Å². The number of ether oxygens (including phenoxy) is 1. The Kier molecular flexibility index (Phi) is 5.53. The first kappa shape index (κ1) is 15.6. The van der Waals surface area contributed by atoms with Gasteiger partial charge in [-0.1, -0.05) is 13.3 Å². The van der Waals surface area contributed by atoms with E-state index in [9.17, 15) is 0 Å². The lowest BCUT2D eigenvalue weighted by molar-refractivity contribution is -0.0405. The molecule has 22 heavy (non-hydrogen) atoms. The van der Waals surface area contributed by atoms with Crippen molar-refractivity contribution in [3.63, 3.8) is 0 Å². The Morgan fingerprint density at radius 2 is 2.41 bits per heavy atom. The summed E-state index contributed by atoms with van der Waals surface area (Å²) >= 11 is 1.79. The summed E-state index contributed by atoms with van der Waals surface area (Å²) in [6.45, 7) is 6.55. The SMILES string of the molecule is CCCCc1nc(CN2CCO[C@@H](Cn3cncn3)C2)cs1. The molecule has 1 atom stereocenters. The van der Waals surface area contributed by atoms with Gasteiger partial charge in [-0.15, -0.1) is 11.3 Å². The van der Waals surface area contributed by atoms with Crippen molar-refractivity contribution in [1.29, 1.82) is 0 Å². The minimum Gasteiger partial charge on any atom is -0.374 e. The van der Waals surface area contributed by atoms with Crippen molar-refractivity contribution in [3.05, 3.63) is 28.7 Å². The van der Waals surface area contributed by atoms with E-state index in [1.165, 1.54) is 23.5 Å². The van der Waals surface area contributed by atoms with Gasteiger partial charge >= 0.3 is 0 Å². The molecular weight excluding hydrogens is 298 g/mol. The second-order valence-electron chi connectivity index (χ2n) is 5.68. The molecule has 1 aliphatic rings. The Labute approximate surface area is 135 Å². The number of aryl methyl sites for hydroxylation is 1. The van der Waals surface area contributed by atoms with Crippen molar-refractivity contribution in [1.82, 2.24) is 24.6 Å². The van der Waals surface area contributed by atoms with Gasteiger partial charge in [-0.25, -0.2) is 9.97 Å². The van der Waals surface area contributed by atoms with E-state index in [0.717, 1.165) is 39.2 Å². The molecule has 120 valence electrons. The smallest absolute Gasteiger partial charge is 0.137 e. The van der Waals surface area contributed by atoms with Crippen LogP contribution in [0.3, 0.4) is 0 Å². The molecule has 0 N–H and O–H groups in total. The van der Waals surface area contributed by atoms with Gasteiger partial charge in [-0.3, -0.25) is 9.58 Å². The summed E-state index contributed by atoms with van der Waals surface area (Å²) in [6.07, 6.45) is 7.04. The zero-order valence-corrected chi connectivity index (χ0v) is 13.8. The van der Waals surface area contributed by atoms with Crippen LogP contribution in [0.5, 0.6) is 0 Å². The minimum atomic E-state index is 0.175. The lowest BCUT2D eigenvalue weighted by atomic mass is 10.2. The van der Waals surface area contributed by atoms with Gasteiger partial charge in [0.2, 0.25) is 0 Å². The number of nitrogens with zero attached hydrogens (tertiary/aromatic N) is 5. The molecule has 2 aromatic heterocycles. The lowest BCUT2D eigenvalue weighted by Gasteiger charge is -2.32. The molecule has 1 fully saturated rings. The third kappa shape index (κ3) is 4.34. The van der Waals surface area contributed by atoms with E-state index in [1.807, 2.05) is 4.68 Å². The number of morpholine rings is 1. The van der Waals surface area contributed by atoms with Crippen LogP contribution in [-0.2, 0) is 24.2 Å². The summed E-state index contributed by atoms with van der Waals surface area (Å²) in [7, 11) is 0. The Morgan fingerprint density at radius 1 is 1.45 bits per heavy atom.